The lowest BCUT2D eigenvalue weighted by Gasteiger charge is -2.28. The first-order chi connectivity index (χ1) is 10.2. The largest absolute Gasteiger partial charge is 0.480 e. The molecule has 0 aromatic heterocycles. The SMILES string of the molecule is CCOC1=N[C@@H](CSCC)C(=O)N[C@@H]1Cc1ccccc1. The van der Waals surface area contributed by atoms with Crippen LogP contribution in [0.2, 0.25) is 0 Å². The lowest BCUT2D eigenvalue weighted by molar-refractivity contribution is -0.122. The van der Waals surface area contributed by atoms with Crippen LogP contribution in [0.1, 0.15) is 19.4 Å². The highest BCUT2D eigenvalue weighted by atomic mass is 32.2. The van der Waals surface area contributed by atoms with E-state index in [9.17, 15) is 4.79 Å². The molecule has 1 aromatic carbocycles. The standard InChI is InChI=1S/C16H22N2O2S/c1-3-20-16-13(10-12-8-6-5-7-9-12)17-15(19)14(18-16)11-21-4-2/h5-9,13-14H,3-4,10-11H2,1-2H3,(H,17,19)/t13-,14+/m1/s1. The van der Waals surface area contributed by atoms with E-state index in [-0.39, 0.29) is 18.0 Å². The van der Waals surface area contributed by atoms with Gasteiger partial charge in [0.25, 0.3) is 0 Å². The zero-order chi connectivity index (χ0) is 15.1. The van der Waals surface area contributed by atoms with Gasteiger partial charge in [-0.3, -0.25) is 4.79 Å². The van der Waals surface area contributed by atoms with E-state index in [4.69, 9.17) is 4.74 Å². The summed E-state index contributed by atoms with van der Waals surface area (Å²) in [6.07, 6.45) is 0.707. The Labute approximate surface area is 130 Å². The average molecular weight is 306 g/mol. The van der Waals surface area contributed by atoms with Gasteiger partial charge in [0.2, 0.25) is 11.8 Å². The molecule has 1 aromatic rings. The Balaban J connectivity index is 2.11. The van der Waals surface area contributed by atoms with Crippen LogP contribution in [0.15, 0.2) is 35.3 Å². The minimum atomic E-state index is -0.330. The summed E-state index contributed by atoms with van der Waals surface area (Å²) in [5, 5.41) is 3.05. The van der Waals surface area contributed by atoms with Crippen LogP contribution in [0, 0.1) is 0 Å². The molecule has 1 amide bonds. The summed E-state index contributed by atoms with van der Waals surface area (Å²) < 4.78 is 5.65. The number of amides is 1. The maximum Gasteiger partial charge on any atom is 0.246 e. The second-order valence-corrected chi connectivity index (χ2v) is 6.15. The summed E-state index contributed by atoms with van der Waals surface area (Å²) in [6, 6.07) is 9.59. The van der Waals surface area contributed by atoms with E-state index in [1.165, 1.54) is 0 Å². The van der Waals surface area contributed by atoms with Crippen molar-refractivity contribution < 1.29 is 9.53 Å². The number of hydrogen-bond donors (Lipinski definition) is 1. The highest BCUT2D eigenvalue weighted by Crippen LogP contribution is 2.14. The van der Waals surface area contributed by atoms with Crippen LogP contribution in [0.4, 0.5) is 0 Å². The van der Waals surface area contributed by atoms with Crippen molar-refractivity contribution in [3.8, 4) is 0 Å². The Hall–Kier alpha value is -1.49. The summed E-state index contributed by atoms with van der Waals surface area (Å²) in [7, 11) is 0. The van der Waals surface area contributed by atoms with Gasteiger partial charge in [0, 0.05) is 12.2 Å². The highest BCUT2D eigenvalue weighted by Gasteiger charge is 2.31. The van der Waals surface area contributed by atoms with Crippen LogP contribution in [0.5, 0.6) is 0 Å². The Morgan fingerprint density at radius 1 is 1.29 bits per heavy atom. The molecule has 0 aliphatic carbocycles. The van der Waals surface area contributed by atoms with Crippen molar-refractivity contribution in [1.29, 1.82) is 0 Å². The minimum Gasteiger partial charge on any atom is -0.480 e. The summed E-state index contributed by atoms with van der Waals surface area (Å²) in [4.78, 5) is 16.7. The third kappa shape index (κ3) is 4.49. The fraction of sp³-hybridized carbons (Fsp3) is 0.500. The van der Waals surface area contributed by atoms with Gasteiger partial charge >= 0.3 is 0 Å². The van der Waals surface area contributed by atoms with E-state index < -0.39 is 0 Å². The van der Waals surface area contributed by atoms with Gasteiger partial charge in [-0.15, -0.1) is 0 Å². The molecule has 2 rings (SSSR count). The minimum absolute atomic E-state index is 0.000309. The van der Waals surface area contributed by atoms with E-state index in [0.717, 1.165) is 11.3 Å². The summed E-state index contributed by atoms with van der Waals surface area (Å²) in [6.45, 7) is 4.58. The zero-order valence-corrected chi connectivity index (χ0v) is 13.4. The Morgan fingerprint density at radius 2 is 2.05 bits per heavy atom. The molecule has 0 bridgehead atoms. The van der Waals surface area contributed by atoms with E-state index in [0.29, 0.717) is 24.7 Å². The van der Waals surface area contributed by atoms with Gasteiger partial charge in [-0.05, 0) is 18.2 Å². The van der Waals surface area contributed by atoms with Crippen LogP contribution in [-0.4, -0.2) is 42.0 Å². The second kappa shape index (κ2) is 8.08. The molecule has 1 aliphatic rings. The quantitative estimate of drug-likeness (QED) is 0.877. The van der Waals surface area contributed by atoms with Gasteiger partial charge in [0.1, 0.15) is 12.1 Å². The van der Waals surface area contributed by atoms with Crippen LogP contribution in [0.25, 0.3) is 0 Å². The fourth-order valence-electron chi connectivity index (χ4n) is 2.25. The van der Waals surface area contributed by atoms with Crippen LogP contribution in [-0.2, 0) is 16.0 Å². The summed E-state index contributed by atoms with van der Waals surface area (Å²) in [5.41, 5.74) is 1.16. The molecule has 1 aliphatic heterocycles. The first kappa shape index (κ1) is 15.9. The third-order valence-corrected chi connectivity index (χ3v) is 4.21. The summed E-state index contributed by atoms with van der Waals surface area (Å²) >= 11 is 1.72. The van der Waals surface area contributed by atoms with E-state index >= 15 is 0 Å². The van der Waals surface area contributed by atoms with Crippen LogP contribution in [0.3, 0.4) is 0 Å². The summed E-state index contributed by atoms with van der Waals surface area (Å²) in [5.74, 6) is 2.34. The predicted octanol–water partition coefficient (Wildman–Crippen LogP) is 2.28. The average Bonchev–Trinajstić information content (AvgIpc) is 2.50. The molecule has 4 nitrogen and oxygen atoms in total. The number of carbonyl (C=O) groups is 1. The van der Waals surface area contributed by atoms with Gasteiger partial charge in [-0.1, -0.05) is 37.3 Å². The molecule has 5 heteroatoms. The molecule has 0 spiro atoms. The van der Waals surface area contributed by atoms with Crippen molar-refractivity contribution in [2.24, 2.45) is 4.99 Å². The number of thioether (sulfide) groups is 1. The normalized spacial score (nSPS) is 21.6. The molecular formula is C16H22N2O2S. The molecule has 0 fully saturated rings. The molecule has 21 heavy (non-hydrogen) atoms. The van der Waals surface area contributed by atoms with Crippen LogP contribution >= 0.6 is 11.8 Å². The molecule has 0 saturated carbocycles. The lowest BCUT2D eigenvalue weighted by atomic mass is 10.0. The maximum atomic E-state index is 12.2. The second-order valence-electron chi connectivity index (χ2n) is 4.83. The Morgan fingerprint density at radius 3 is 2.71 bits per heavy atom. The van der Waals surface area contributed by atoms with E-state index in [1.54, 1.807) is 11.8 Å². The number of benzene rings is 1. The van der Waals surface area contributed by atoms with Gasteiger partial charge in [-0.25, -0.2) is 4.99 Å². The highest BCUT2D eigenvalue weighted by molar-refractivity contribution is 7.99. The molecule has 1 N–H and O–H groups in total. The number of carbonyl (C=O) groups excluding carboxylic acids is 1. The lowest BCUT2D eigenvalue weighted by Crippen LogP contribution is -2.52. The molecule has 0 unspecified atom stereocenters. The molecular weight excluding hydrogens is 284 g/mol. The topological polar surface area (TPSA) is 50.7 Å². The monoisotopic (exact) mass is 306 g/mol. The molecule has 114 valence electrons. The maximum absolute atomic E-state index is 12.2. The van der Waals surface area contributed by atoms with E-state index in [2.05, 4.69) is 29.4 Å². The smallest absolute Gasteiger partial charge is 0.246 e. The fourth-order valence-corrected chi connectivity index (χ4v) is 2.93. The first-order valence-corrected chi connectivity index (χ1v) is 8.52. The number of nitrogens with zero attached hydrogens (tertiary/aromatic N) is 1. The number of ether oxygens (including phenoxy) is 1. The van der Waals surface area contributed by atoms with Gasteiger partial charge in [-0.2, -0.15) is 11.8 Å². The molecule has 2 atom stereocenters. The molecule has 0 radical (unpaired) electrons. The number of aliphatic imine (C=N–C) groups is 1. The van der Waals surface area contributed by atoms with Crippen molar-refractivity contribution >= 4 is 23.6 Å². The Bertz CT molecular complexity index is 490. The number of rotatable bonds is 6. The third-order valence-electron chi connectivity index (χ3n) is 3.26. The van der Waals surface area contributed by atoms with Crippen molar-refractivity contribution in [2.75, 3.05) is 18.1 Å². The van der Waals surface area contributed by atoms with Crippen molar-refractivity contribution in [2.45, 2.75) is 32.4 Å². The van der Waals surface area contributed by atoms with Crippen molar-refractivity contribution in [3.63, 3.8) is 0 Å². The van der Waals surface area contributed by atoms with Crippen molar-refractivity contribution in [1.82, 2.24) is 5.32 Å². The number of hydrogen-bond acceptors (Lipinski definition) is 4. The van der Waals surface area contributed by atoms with Crippen LogP contribution < -0.4 is 5.32 Å². The Kier molecular flexibility index (Phi) is 6.11. The van der Waals surface area contributed by atoms with Gasteiger partial charge < -0.3 is 10.1 Å². The van der Waals surface area contributed by atoms with Gasteiger partial charge in [0.15, 0.2) is 0 Å². The van der Waals surface area contributed by atoms with E-state index in [1.807, 2.05) is 25.1 Å². The zero-order valence-electron chi connectivity index (χ0n) is 12.5. The van der Waals surface area contributed by atoms with Gasteiger partial charge in [0.05, 0.1) is 6.61 Å². The molecule has 1 heterocycles. The number of nitrogens with one attached hydrogen (secondary N) is 1. The predicted molar refractivity (Wildman–Crippen MR) is 87.9 cm³/mol. The molecule has 0 saturated heterocycles. The first-order valence-electron chi connectivity index (χ1n) is 7.37. The van der Waals surface area contributed by atoms with Crippen molar-refractivity contribution in [3.05, 3.63) is 35.9 Å².